The minimum atomic E-state index is 0.00714. The summed E-state index contributed by atoms with van der Waals surface area (Å²) in [6, 6.07) is 0. The third-order valence-corrected chi connectivity index (χ3v) is 5.14. The normalized spacial score (nSPS) is 17.5. The molecule has 0 saturated carbocycles. The number of carbonyl (C=O) groups excluding carboxylic acids is 1. The summed E-state index contributed by atoms with van der Waals surface area (Å²) in [5.41, 5.74) is 2.11. The van der Waals surface area contributed by atoms with Gasteiger partial charge in [0.05, 0.1) is 12.1 Å². The number of hydrogen-bond acceptors (Lipinski definition) is 4. The maximum Gasteiger partial charge on any atom is 0.252 e. The van der Waals surface area contributed by atoms with Gasteiger partial charge in [0.1, 0.15) is 6.33 Å². The molecule has 112 valence electrons. The van der Waals surface area contributed by atoms with Crippen molar-refractivity contribution in [3.63, 3.8) is 0 Å². The third kappa shape index (κ3) is 2.85. The second-order valence-corrected chi connectivity index (χ2v) is 6.58. The van der Waals surface area contributed by atoms with Crippen molar-refractivity contribution < 1.29 is 4.79 Å². The fourth-order valence-corrected chi connectivity index (χ4v) is 4.05. The Morgan fingerprint density at radius 2 is 2.43 bits per heavy atom. The summed E-state index contributed by atoms with van der Waals surface area (Å²) < 4.78 is 1.94. The summed E-state index contributed by atoms with van der Waals surface area (Å²) in [6.45, 7) is 5.54. The molecule has 0 spiro atoms. The second-order valence-electron chi connectivity index (χ2n) is 5.61. The van der Waals surface area contributed by atoms with Crippen molar-refractivity contribution in [2.24, 2.45) is 5.92 Å². The van der Waals surface area contributed by atoms with Crippen LogP contribution in [0, 0.1) is 5.92 Å². The van der Waals surface area contributed by atoms with Gasteiger partial charge in [0.2, 0.25) is 0 Å². The summed E-state index contributed by atoms with van der Waals surface area (Å²) in [7, 11) is 0. The number of amides is 1. The smallest absolute Gasteiger partial charge is 0.252 e. The molecule has 1 amide bonds. The number of rotatable bonds is 4. The molecule has 0 saturated heterocycles. The van der Waals surface area contributed by atoms with Crippen molar-refractivity contribution >= 4 is 17.2 Å². The lowest BCUT2D eigenvalue weighted by Crippen LogP contribution is -2.25. The van der Waals surface area contributed by atoms with E-state index in [0.29, 0.717) is 6.54 Å². The lowest BCUT2D eigenvalue weighted by Gasteiger charge is -2.18. The highest BCUT2D eigenvalue weighted by Gasteiger charge is 2.23. The van der Waals surface area contributed by atoms with Crippen LogP contribution in [0.4, 0.5) is 0 Å². The highest BCUT2D eigenvalue weighted by atomic mass is 32.1. The molecule has 21 heavy (non-hydrogen) atoms. The molecule has 2 aromatic heterocycles. The molecular formula is C15H20N4OS. The van der Waals surface area contributed by atoms with E-state index in [-0.39, 0.29) is 5.91 Å². The van der Waals surface area contributed by atoms with Gasteiger partial charge in [0, 0.05) is 16.8 Å². The standard InChI is InChI=1S/C15H20N4OS/c1-3-19-9-17-18-14(19)7-16-15(20)12-8-21-13-6-10(2)4-5-11(12)13/h8-10H,3-7H2,1-2H3,(H,16,20)/t10-/m0/s1. The van der Waals surface area contributed by atoms with Crippen molar-refractivity contribution in [2.45, 2.75) is 46.2 Å². The molecule has 1 atom stereocenters. The van der Waals surface area contributed by atoms with E-state index in [0.717, 1.165) is 36.7 Å². The molecule has 1 aliphatic carbocycles. The van der Waals surface area contributed by atoms with E-state index in [4.69, 9.17) is 0 Å². The van der Waals surface area contributed by atoms with Crippen molar-refractivity contribution in [2.75, 3.05) is 0 Å². The first-order chi connectivity index (χ1) is 10.2. The zero-order chi connectivity index (χ0) is 14.8. The van der Waals surface area contributed by atoms with Gasteiger partial charge in [0.25, 0.3) is 5.91 Å². The van der Waals surface area contributed by atoms with Gasteiger partial charge in [-0.15, -0.1) is 21.5 Å². The SMILES string of the molecule is CCn1cnnc1CNC(=O)c1csc2c1CC[C@H](C)C2. The first-order valence-corrected chi connectivity index (χ1v) is 8.31. The van der Waals surface area contributed by atoms with E-state index in [2.05, 4.69) is 22.4 Å². The fraction of sp³-hybridized carbons (Fsp3) is 0.533. The summed E-state index contributed by atoms with van der Waals surface area (Å²) in [6.07, 6.45) is 4.99. The van der Waals surface area contributed by atoms with Crippen LogP contribution in [0.1, 0.15) is 46.9 Å². The summed E-state index contributed by atoms with van der Waals surface area (Å²) in [5, 5.41) is 12.9. The quantitative estimate of drug-likeness (QED) is 0.943. The minimum absolute atomic E-state index is 0.00714. The van der Waals surface area contributed by atoms with E-state index in [1.54, 1.807) is 17.7 Å². The van der Waals surface area contributed by atoms with Crippen molar-refractivity contribution in [1.82, 2.24) is 20.1 Å². The Morgan fingerprint density at radius 1 is 1.57 bits per heavy atom. The molecule has 0 fully saturated rings. The number of fused-ring (bicyclic) bond motifs is 1. The van der Waals surface area contributed by atoms with Crippen LogP contribution in [0.15, 0.2) is 11.7 Å². The Morgan fingerprint density at radius 3 is 3.24 bits per heavy atom. The molecule has 0 unspecified atom stereocenters. The lowest BCUT2D eigenvalue weighted by atomic mass is 9.88. The largest absolute Gasteiger partial charge is 0.345 e. The minimum Gasteiger partial charge on any atom is -0.345 e. The summed E-state index contributed by atoms with van der Waals surface area (Å²) in [5.74, 6) is 1.53. The van der Waals surface area contributed by atoms with Crippen LogP contribution in [0.3, 0.4) is 0 Å². The van der Waals surface area contributed by atoms with Gasteiger partial charge in [-0.3, -0.25) is 4.79 Å². The zero-order valence-corrected chi connectivity index (χ0v) is 13.2. The lowest BCUT2D eigenvalue weighted by molar-refractivity contribution is 0.0948. The number of aromatic nitrogens is 3. The topological polar surface area (TPSA) is 59.8 Å². The Kier molecular flexibility index (Phi) is 4.05. The van der Waals surface area contributed by atoms with Crippen LogP contribution < -0.4 is 5.32 Å². The number of nitrogens with one attached hydrogen (secondary N) is 1. The van der Waals surface area contributed by atoms with E-state index < -0.39 is 0 Å². The number of hydrogen-bond donors (Lipinski definition) is 1. The van der Waals surface area contributed by atoms with Crippen molar-refractivity contribution in [3.05, 3.63) is 33.5 Å². The number of nitrogens with zero attached hydrogens (tertiary/aromatic N) is 3. The molecule has 0 aliphatic heterocycles. The molecule has 5 nitrogen and oxygen atoms in total. The average Bonchev–Trinajstić information content (AvgIpc) is 3.10. The summed E-state index contributed by atoms with van der Waals surface area (Å²) >= 11 is 1.72. The third-order valence-electron chi connectivity index (χ3n) is 4.09. The Balaban J connectivity index is 1.69. The van der Waals surface area contributed by atoms with E-state index in [1.807, 2.05) is 16.9 Å². The molecular weight excluding hydrogens is 284 g/mol. The van der Waals surface area contributed by atoms with Gasteiger partial charge in [0.15, 0.2) is 5.82 Å². The second kappa shape index (κ2) is 5.97. The van der Waals surface area contributed by atoms with Gasteiger partial charge in [-0.2, -0.15) is 0 Å². The molecule has 3 rings (SSSR count). The van der Waals surface area contributed by atoms with Crippen LogP contribution in [0.2, 0.25) is 0 Å². The molecule has 0 bridgehead atoms. The summed E-state index contributed by atoms with van der Waals surface area (Å²) in [4.78, 5) is 13.8. The highest BCUT2D eigenvalue weighted by Crippen LogP contribution is 2.32. The monoisotopic (exact) mass is 304 g/mol. The van der Waals surface area contributed by atoms with E-state index in [1.165, 1.54) is 16.9 Å². The molecule has 2 heterocycles. The molecule has 6 heteroatoms. The maximum atomic E-state index is 12.4. The van der Waals surface area contributed by atoms with Crippen LogP contribution in [0.25, 0.3) is 0 Å². The highest BCUT2D eigenvalue weighted by molar-refractivity contribution is 7.10. The maximum absolute atomic E-state index is 12.4. The Hall–Kier alpha value is -1.69. The number of thiophene rings is 1. The molecule has 0 radical (unpaired) electrons. The van der Waals surface area contributed by atoms with Gasteiger partial charge < -0.3 is 9.88 Å². The van der Waals surface area contributed by atoms with Crippen LogP contribution in [-0.4, -0.2) is 20.7 Å². The number of aryl methyl sites for hydroxylation is 1. The fourth-order valence-electron chi connectivity index (χ4n) is 2.80. The van der Waals surface area contributed by atoms with Crippen LogP contribution in [0.5, 0.6) is 0 Å². The molecule has 1 aliphatic rings. The van der Waals surface area contributed by atoms with Crippen molar-refractivity contribution in [1.29, 1.82) is 0 Å². The van der Waals surface area contributed by atoms with Gasteiger partial charge in [-0.25, -0.2) is 0 Å². The van der Waals surface area contributed by atoms with Crippen molar-refractivity contribution in [3.8, 4) is 0 Å². The van der Waals surface area contributed by atoms with Crippen LogP contribution >= 0.6 is 11.3 Å². The predicted octanol–water partition coefficient (Wildman–Crippen LogP) is 2.41. The Bertz CT molecular complexity index is 646. The van der Waals surface area contributed by atoms with E-state index in [9.17, 15) is 4.79 Å². The first-order valence-electron chi connectivity index (χ1n) is 7.43. The first kappa shape index (κ1) is 14.3. The predicted molar refractivity (Wildman–Crippen MR) is 82.4 cm³/mol. The van der Waals surface area contributed by atoms with Gasteiger partial charge in [-0.05, 0) is 37.7 Å². The number of carbonyl (C=O) groups is 1. The van der Waals surface area contributed by atoms with Gasteiger partial charge in [-0.1, -0.05) is 6.92 Å². The van der Waals surface area contributed by atoms with E-state index >= 15 is 0 Å². The average molecular weight is 304 g/mol. The van der Waals surface area contributed by atoms with Gasteiger partial charge >= 0.3 is 0 Å². The Labute approximate surface area is 128 Å². The molecule has 2 aromatic rings. The molecule has 0 aromatic carbocycles. The zero-order valence-electron chi connectivity index (χ0n) is 12.4. The van der Waals surface area contributed by atoms with Crippen LogP contribution in [-0.2, 0) is 25.9 Å². The molecule has 1 N–H and O–H groups in total.